The highest BCUT2D eigenvalue weighted by atomic mass is 35.5. The van der Waals surface area contributed by atoms with Gasteiger partial charge < -0.3 is 0 Å². The zero-order chi connectivity index (χ0) is 20.1. The molecule has 0 saturated carbocycles. The molecule has 1 amide bonds. The fraction of sp³-hybridized carbons (Fsp3) is 0.0500. The van der Waals surface area contributed by atoms with Gasteiger partial charge in [0.15, 0.2) is 5.13 Å². The molecule has 0 spiro atoms. The fourth-order valence-electron chi connectivity index (χ4n) is 2.36. The number of hydrogen-bond donors (Lipinski definition) is 1. The van der Waals surface area contributed by atoms with Crippen LogP contribution in [0.1, 0.15) is 16.0 Å². The molecule has 4 nitrogen and oxygen atoms in total. The molecule has 1 N–H and O–H groups in total. The van der Waals surface area contributed by atoms with Crippen LogP contribution in [0.5, 0.6) is 0 Å². The summed E-state index contributed by atoms with van der Waals surface area (Å²) in [5, 5.41) is 13.2. The molecule has 0 fully saturated rings. The molecule has 140 valence electrons. The summed E-state index contributed by atoms with van der Waals surface area (Å²) in [5.41, 5.74) is 1.29. The SMILES string of the molecule is N#C/C(=C\c1ccc(F)cc1)C(=O)Nc1ncc(Cc2cccc(Cl)c2Cl)s1. The second kappa shape index (κ2) is 8.98. The molecule has 0 saturated heterocycles. The van der Waals surface area contributed by atoms with Crippen LogP contribution in [0, 0.1) is 17.1 Å². The third kappa shape index (κ3) is 4.96. The molecule has 0 aliphatic heterocycles. The minimum Gasteiger partial charge on any atom is -0.297 e. The summed E-state index contributed by atoms with van der Waals surface area (Å²) >= 11 is 13.5. The zero-order valence-electron chi connectivity index (χ0n) is 14.2. The lowest BCUT2D eigenvalue weighted by molar-refractivity contribution is -0.112. The fourth-order valence-corrected chi connectivity index (χ4v) is 3.58. The second-order valence-corrected chi connectivity index (χ2v) is 7.60. The molecule has 0 bridgehead atoms. The van der Waals surface area contributed by atoms with Crippen LogP contribution in [-0.4, -0.2) is 10.9 Å². The summed E-state index contributed by atoms with van der Waals surface area (Å²) < 4.78 is 13.0. The Kier molecular flexibility index (Phi) is 6.42. The van der Waals surface area contributed by atoms with Crippen molar-refractivity contribution in [3.8, 4) is 6.07 Å². The Balaban J connectivity index is 1.71. The van der Waals surface area contributed by atoms with Gasteiger partial charge in [-0.2, -0.15) is 5.26 Å². The van der Waals surface area contributed by atoms with Crippen molar-refractivity contribution in [2.45, 2.75) is 6.42 Å². The van der Waals surface area contributed by atoms with E-state index in [1.165, 1.54) is 41.7 Å². The highest BCUT2D eigenvalue weighted by molar-refractivity contribution is 7.15. The maximum absolute atomic E-state index is 13.0. The quantitative estimate of drug-likeness (QED) is 0.414. The van der Waals surface area contributed by atoms with E-state index in [4.69, 9.17) is 23.2 Å². The summed E-state index contributed by atoms with van der Waals surface area (Å²) in [5.74, 6) is -0.983. The van der Waals surface area contributed by atoms with Crippen LogP contribution in [0.3, 0.4) is 0 Å². The first kappa shape index (κ1) is 20.0. The van der Waals surface area contributed by atoms with E-state index < -0.39 is 11.7 Å². The Morgan fingerprint density at radius 2 is 2.00 bits per heavy atom. The van der Waals surface area contributed by atoms with Crippen LogP contribution in [-0.2, 0) is 11.2 Å². The predicted octanol–water partition coefficient (Wildman–Crippen LogP) is 5.73. The Morgan fingerprint density at radius 1 is 1.25 bits per heavy atom. The second-order valence-electron chi connectivity index (χ2n) is 5.70. The van der Waals surface area contributed by atoms with Crippen molar-refractivity contribution in [1.29, 1.82) is 5.26 Å². The first-order valence-electron chi connectivity index (χ1n) is 8.02. The molecule has 3 aromatic rings. The number of nitrogens with zero attached hydrogens (tertiary/aromatic N) is 2. The minimum absolute atomic E-state index is 0.110. The smallest absolute Gasteiger partial charge is 0.268 e. The number of halogens is 3. The number of carbonyl (C=O) groups is 1. The van der Waals surface area contributed by atoms with Gasteiger partial charge in [-0.3, -0.25) is 10.1 Å². The van der Waals surface area contributed by atoms with Gasteiger partial charge in [-0.15, -0.1) is 11.3 Å². The molecule has 3 rings (SSSR count). The van der Waals surface area contributed by atoms with E-state index in [1.807, 2.05) is 18.2 Å². The van der Waals surface area contributed by atoms with Crippen molar-refractivity contribution >= 4 is 51.7 Å². The molecule has 0 unspecified atom stereocenters. The number of thiazole rings is 1. The summed E-state index contributed by atoms with van der Waals surface area (Å²) in [6.07, 6.45) is 3.53. The van der Waals surface area contributed by atoms with Gasteiger partial charge in [0.1, 0.15) is 17.5 Å². The van der Waals surface area contributed by atoms with Crippen molar-refractivity contribution in [2.24, 2.45) is 0 Å². The third-order valence-electron chi connectivity index (χ3n) is 3.72. The van der Waals surface area contributed by atoms with E-state index >= 15 is 0 Å². The maximum atomic E-state index is 13.0. The lowest BCUT2D eigenvalue weighted by Gasteiger charge is -2.03. The van der Waals surface area contributed by atoms with Gasteiger partial charge in [-0.25, -0.2) is 9.37 Å². The molecule has 28 heavy (non-hydrogen) atoms. The van der Waals surface area contributed by atoms with Gasteiger partial charge in [0, 0.05) is 17.5 Å². The molecule has 2 aromatic carbocycles. The van der Waals surface area contributed by atoms with E-state index in [0.717, 1.165) is 10.4 Å². The molecule has 8 heteroatoms. The molecule has 1 aromatic heterocycles. The average Bonchev–Trinajstić information content (AvgIpc) is 3.11. The number of aromatic nitrogens is 1. The van der Waals surface area contributed by atoms with Crippen LogP contribution >= 0.6 is 34.5 Å². The van der Waals surface area contributed by atoms with Crippen LogP contribution in [0.4, 0.5) is 9.52 Å². The van der Waals surface area contributed by atoms with Crippen molar-refractivity contribution in [2.75, 3.05) is 5.32 Å². The number of benzene rings is 2. The molecular formula is C20H12Cl2FN3OS. The summed E-state index contributed by atoms with van der Waals surface area (Å²) in [7, 11) is 0. The average molecular weight is 432 g/mol. The molecule has 0 aliphatic rings. The third-order valence-corrected chi connectivity index (χ3v) is 5.49. The van der Waals surface area contributed by atoms with Crippen molar-refractivity contribution in [3.05, 3.63) is 86.1 Å². The Labute approximate surface area is 174 Å². The van der Waals surface area contributed by atoms with E-state index in [-0.39, 0.29) is 5.57 Å². The van der Waals surface area contributed by atoms with E-state index in [0.29, 0.717) is 27.2 Å². The lowest BCUT2D eigenvalue weighted by Crippen LogP contribution is -2.13. The van der Waals surface area contributed by atoms with Crippen LogP contribution < -0.4 is 5.32 Å². The minimum atomic E-state index is -0.589. The van der Waals surface area contributed by atoms with Crippen LogP contribution in [0.15, 0.2) is 54.2 Å². The topological polar surface area (TPSA) is 65.8 Å². The summed E-state index contributed by atoms with van der Waals surface area (Å²) in [4.78, 5) is 17.4. The molecule has 0 atom stereocenters. The molecule has 1 heterocycles. The normalized spacial score (nSPS) is 11.1. The van der Waals surface area contributed by atoms with Crippen molar-refractivity contribution in [3.63, 3.8) is 0 Å². The first-order chi connectivity index (χ1) is 13.5. The highest BCUT2D eigenvalue weighted by Crippen LogP contribution is 2.29. The van der Waals surface area contributed by atoms with E-state index in [2.05, 4.69) is 10.3 Å². The van der Waals surface area contributed by atoms with Gasteiger partial charge in [0.05, 0.1) is 10.0 Å². The Morgan fingerprint density at radius 3 is 2.71 bits per heavy atom. The van der Waals surface area contributed by atoms with Crippen molar-refractivity contribution in [1.82, 2.24) is 4.98 Å². The molecular weight excluding hydrogens is 420 g/mol. The summed E-state index contributed by atoms with van der Waals surface area (Å²) in [6.45, 7) is 0. The highest BCUT2D eigenvalue weighted by Gasteiger charge is 2.13. The zero-order valence-corrected chi connectivity index (χ0v) is 16.6. The lowest BCUT2D eigenvalue weighted by atomic mass is 10.1. The van der Waals surface area contributed by atoms with Gasteiger partial charge in [0.25, 0.3) is 5.91 Å². The number of hydrogen-bond acceptors (Lipinski definition) is 4. The van der Waals surface area contributed by atoms with E-state index in [9.17, 15) is 14.4 Å². The predicted molar refractivity (Wildman–Crippen MR) is 110 cm³/mol. The number of amides is 1. The Hall–Kier alpha value is -2.72. The largest absolute Gasteiger partial charge is 0.297 e. The number of nitrogens with one attached hydrogen (secondary N) is 1. The number of rotatable bonds is 5. The van der Waals surface area contributed by atoms with Crippen LogP contribution in [0.2, 0.25) is 10.0 Å². The van der Waals surface area contributed by atoms with Gasteiger partial charge in [-0.1, -0.05) is 47.5 Å². The molecule has 0 radical (unpaired) electrons. The Bertz CT molecular complexity index is 1090. The maximum Gasteiger partial charge on any atom is 0.268 e. The standard InChI is InChI=1S/C20H12Cl2FN3OS/c21-17-3-1-2-13(18(17)22)9-16-11-25-20(28-16)26-19(27)14(10-24)8-12-4-6-15(23)7-5-12/h1-8,11H,9H2,(H,25,26,27)/b14-8+. The van der Waals surface area contributed by atoms with Gasteiger partial charge in [-0.05, 0) is 35.4 Å². The van der Waals surface area contributed by atoms with Gasteiger partial charge >= 0.3 is 0 Å². The van der Waals surface area contributed by atoms with Crippen LogP contribution in [0.25, 0.3) is 6.08 Å². The number of carbonyl (C=O) groups excluding carboxylic acids is 1. The summed E-state index contributed by atoms with van der Waals surface area (Å²) in [6, 6.07) is 12.7. The number of anilines is 1. The van der Waals surface area contributed by atoms with E-state index in [1.54, 1.807) is 12.3 Å². The monoisotopic (exact) mass is 431 g/mol. The number of nitriles is 1. The van der Waals surface area contributed by atoms with Crippen molar-refractivity contribution < 1.29 is 9.18 Å². The first-order valence-corrected chi connectivity index (χ1v) is 9.60. The molecule has 0 aliphatic carbocycles. The van der Waals surface area contributed by atoms with Gasteiger partial charge in [0.2, 0.25) is 0 Å².